The molecule has 1 aliphatic carbocycles. The lowest BCUT2D eigenvalue weighted by molar-refractivity contribution is -0.462. The van der Waals surface area contributed by atoms with E-state index in [9.17, 15) is 84.2 Å². The molecule has 5 nitrogen and oxygen atoms in total. The van der Waals surface area contributed by atoms with Gasteiger partial charge in [0.05, 0.1) is 0 Å². The summed E-state index contributed by atoms with van der Waals surface area (Å²) in [5.74, 6) is -57.9. The zero-order valence-corrected chi connectivity index (χ0v) is 28.8. The van der Waals surface area contributed by atoms with Crippen molar-refractivity contribution in [1.82, 2.24) is 10.2 Å². The maximum atomic E-state index is 14.4. The summed E-state index contributed by atoms with van der Waals surface area (Å²) in [6.45, 7) is 1.16. The smallest absolute Gasteiger partial charge is 0.443 e. The number of fused-ring (bicyclic) bond motifs is 1. The van der Waals surface area contributed by atoms with Gasteiger partial charge in [-0.25, -0.2) is 4.79 Å². The molecule has 0 aromatic heterocycles. The van der Waals surface area contributed by atoms with Gasteiger partial charge in [-0.2, -0.15) is 74.6 Å². The molecule has 1 aliphatic heterocycles. The number of nitrogens with one attached hydrogen (secondary N) is 1. The third-order valence-corrected chi connectivity index (χ3v) is 9.55. The lowest BCUT2D eigenvalue weighted by Gasteiger charge is -2.43. The van der Waals surface area contributed by atoms with Gasteiger partial charge >= 0.3 is 53.7 Å². The van der Waals surface area contributed by atoms with Crippen LogP contribution in [0, 0.1) is 5.92 Å². The molecule has 1 fully saturated rings. The lowest BCUT2D eigenvalue weighted by atomic mass is 9.87. The monoisotopic (exact) mass is 868 g/mol. The van der Waals surface area contributed by atoms with Crippen molar-refractivity contribution in [3.63, 3.8) is 0 Å². The van der Waals surface area contributed by atoms with Gasteiger partial charge in [-0.3, -0.25) is 4.79 Å². The SMILES string of the molecule is CC(C)(CCC(F)(F)C(F)(F)C(F)(F)C(F)(F)C(F)(F)C(F)(F)C(F)(F)C(F)(F)F)OC(=O)N1CCC(C(=O)NC2CCc3cc(Br)ccc3C2)CC1. The van der Waals surface area contributed by atoms with Gasteiger partial charge in [0.25, 0.3) is 0 Å². The summed E-state index contributed by atoms with van der Waals surface area (Å²) < 4.78 is 236. The van der Waals surface area contributed by atoms with Crippen LogP contribution < -0.4 is 5.32 Å². The number of alkyl halides is 17. The number of piperidine rings is 1. The number of halogens is 18. The number of benzene rings is 1. The minimum Gasteiger partial charge on any atom is -0.443 e. The van der Waals surface area contributed by atoms with Crippen LogP contribution >= 0.6 is 15.9 Å². The van der Waals surface area contributed by atoms with Crippen LogP contribution in [0.1, 0.15) is 57.1 Å². The topological polar surface area (TPSA) is 58.6 Å². The number of nitrogens with zero attached hydrogens (tertiary/aromatic N) is 1. The number of carbonyl (C=O) groups excluding carboxylic acids is 2. The molecule has 1 atom stereocenters. The molecule has 0 bridgehead atoms. The van der Waals surface area contributed by atoms with Gasteiger partial charge in [-0.1, -0.05) is 22.0 Å². The highest BCUT2D eigenvalue weighted by Crippen LogP contribution is 2.64. The first-order valence-corrected chi connectivity index (χ1v) is 16.2. The van der Waals surface area contributed by atoms with E-state index in [4.69, 9.17) is 4.74 Å². The number of aryl methyl sites for hydroxylation is 1. The van der Waals surface area contributed by atoms with Crippen LogP contribution in [0.25, 0.3) is 0 Å². The van der Waals surface area contributed by atoms with Gasteiger partial charge in [-0.05, 0) is 75.6 Å². The Bertz CT molecular complexity index is 1510. The van der Waals surface area contributed by atoms with E-state index in [2.05, 4.69) is 21.2 Å². The number of ether oxygens (including phenoxy) is 1. The fraction of sp³-hybridized carbons (Fsp3) is 0.733. The average molecular weight is 869 g/mol. The molecule has 1 aromatic rings. The van der Waals surface area contributed by atoms with Gasteiger partial charge in [-0.15, -0.1) is 0 Å². The predicted molar refractivity (Wildman–Crippen MR) is 153 cm³/mol. The highest BCUT2D eigenvalue weighted by atomic mass is 79.9. The number of likely N-dealkylation sites (tertiary alicyclic amines) is 1. The highest BCUT2D eigenvalue weighted by Gasteiger charge is 2.95. The molecule has 304 valence electrons. The molecule has 23 heteroatoms. The van der Waals surface area contributed by atoms with Crippen molar-refractivity contribution in [3.8, 4) is 0 Å². The minimum absolute atomic E-state index is 0.0732. The number of rotatable bonds is 12. The summed E-state index contributed by atoms with van der Waals surface area (Å²) in [7, 11) is 0. The van der Waals surface area contributed by atoms with E-state index in [1.165, 1.54) is 0 Å². The first-order chi connectivity index (χ1) is 23.7. The van der Waals surface area contributed by atoms with Crippen LogP contribution in [0.5, 0.6) is 0 Å². The summed E-state index contributed by atoms with van der Waals surface area (Å²) in [4.78, 5) is 26.5. The zero-order chi connectivity index (χ0) is 41.0. The molecule has 1 unspecified atom stereocenters. The quantitative estimate of drug-likeness (QED) is 0.213. The molecule has 0 radical (unpaired) electrons. The van der Waals surface area contributed by atoms with Gasteiger partial charge in [0.2, 0.25) is 5.91 Å². The molecular formula is C30H30BrF17N2O3. The van der Waals surface area contributed by atoms with Crippen molar-refractivity contribution in [2.75, 3.05) is 13.1 Å². The molecule has 2 aliphatic rings. The van der Waals surface area contributed by atoms with E-state index in [0.29, 0.717) is 19.3 Å². The summed E-state index contributed by atoms with van der Waals surface area (Å²) >= 11 is 3.39. The van der Waals surface area contributed by atoms with Crippen molar-refractivity contribution in [1.29, 1.82) is 0 Å². The molecule has 2 amide bonds. The second kappa shape index (κ2) is 14.4. The Kier molecular flexibility index (Phi) is 12.1. The van der Waals surface area contributed by atoms with E-state index >= 15 is 0 Å². The third kappa shape index (κ3) is 8.14. The van der Waals surface area contributed by atoms with Crippen LogP contribution in [0.3, 0.4) is 0 Å². The minimum atomic E-state index is -8.70. The number of hydrogen-bond donors (Lipinski definition) is 1. The van der Waals surface area contributed by atoms with Crippen LogP contribution in [-0.2, 0) is 22.4 Å². The molecule has 0 saturated carbocycles. The standard InChI is InChI=1S/C30H30BrF17N2O3/c1-22(2,53-21(52)50-11-7-15(8-12-50)20(51)49-19-6-4-16-13-18(31)5-3-17(16)14-19)9-10-23(32,33)24(34,35)25(36,37)26(38,39)27(40,41)28(42,43)29(44,45)30(46,47)48/h3,5,13,15,19H,4,6-12,14H2,1-2H3,(H,49,51). The molecule has 1 heterocycles. The molecule has 1 aromatic carbocycles. The van der Waals surface area contributed by atoms with Gasteiger partial charge < -0.3 is 15.0 Å². The van der Waals surface area contributed by atoms with Gasteiger partial charge in [0.1, 0.15) is 5.60 Å². The third-order valence-electron chi connectivity index (χ3n) is 9.06. The van der Waals surface area contributed by atoms with Crippen molar-refractivity contribution in [2.24, 2.45) is 5.92 Å². The van der Waals surface area contributed by atoms with Gasteiger partial charge in [0, 0.05) is 35.9 Å². The van der Waals surface area contributed by atoms with Gasteiger partial charge in [0.15, 0.2) is 0 Å². The van der Waals surface area contributed by atoms with Crippen LogP contribution in [0.15, 0.2) is 22.7 Å². The zero-order valence-electron chi connectivity index (χ0n) is 27.2. The fourth-order valence-electron chi connectivity index (χ4n) is 5.65. The number of carbonyl (C=O) groups is 2. The van der Waals surface area contributed by atoms with Crippen LogP contribution in [0.4, 0.5) is 79.4 Å². The van der Waals surface area contributed by atoms with Crippen molar-refractivity contribution >= 4 is 27.9 Å². The van der Waals surface area contributed by atoms with Crippen molar-refractivity contribution in [3.05, 3.63) is 33.8 Å². The molecule has 3 rings (SSSR count). The Morgan fingerprint density at radius 2 is 1.21 bits per heavy atom. The Balaban J connectivity index is 1.61. The summed E-state index contributed by atoms with van der Waals surface area (Å²) in [5.41, 5.74) is -0.167. The second-order valence-electron chi connectivity index (χ2n) is 13.4. The Hall–Kier alpha value is -2.75. The second-order valence-corrected chi connectivity index (χ2v) is 14.3. The largest absolute Gasteiger partial charge is 0.460 e. The van der Waals surface area contributed by atoms with Crippen molar-refractivity contribution in [2.45, 2.75) is 118 Å². The number of amides is 2. The van der Waals surface area contributed by atoms with E-state index in [-0.39, 0.29) is 37.9 Å². The predicted octanol–water partition coefficient (Wildman–Crippen LogP) is 9.84. The number of hydrogen-bond acceptors (Lipinski definition) is 3. The van der Waals surface area contributed by atoms with E-state index < -0.39 is 78.1 Å². The van der Waals surface area contributed by atoms with Crippen molar-refractivity contribution < 1.29 is 89.0 Å². The lowest BCUT2D eigenvalue weighted by Crippen LogP contribution is -2.74. The molecule has 1 N–H and O–H groups in total. The Morgan fingerprint density at radius 3 is 1.72 bits per heavy atom. The molecule has 0 spiro atoms. The molecule has 53 heavy (non-hydrogen) atoms. The first kappa shape index (κ1) is 44.6. The Labute approximate surface area is 298 Å². The van der Waals surface area contributed by atoms with Crippen LogP contribution in [-0.4, -0.2) is 89.3 Å². The average Bonchev–Trinajstić information content (AvgIpc) is 3.02. The van der Waals surface area contributed by atoms with E-state index in [1.54, 1.807) is 0 Å². The summed E-state index contributed by atoms with van der Waals surface area (Å²) in [5, 5.41) is 2.94. The van der Waals surface area contributed by atoms with E-state index in [1.807, 2.05) is 18.2 Å². The maximum absolute atomic E-state index is 14.4. The normalized spacial score (nSPS) is 19.2. The first-order valence-electron chi connectivity index (χ1n) is 15.4. The summed E-state index contributed by atoms with van der Waals surface area (Å²) in [6.07, 6.45) is -11.4. The van der Waals surface area contributed by atoms with E-state index in [0.717, 1.165) is 34.3 Å². The fourth-order valence-corrected chi connectivity index (χ4v) is 6.06. The van der Waals surface area contributed by atoms with Crippen LogP contribution in [0.2, 0.25) is 0 Å². The molecule has 1 saturated heterocycles. The summed E-state index contributed by atoms with van der Waals surface area (Å²) in [6, 6.07) is 5.58. The highest BCUT2D eigenvalue weighted by molar-refractivity contribution is 9.10. The maximum Gasteiger partial charge on any atom is 0.460 e. The Morgan fingerprint density at radius 1 is 0.717 bits per heavy atom. The molecular weight excluding hydrogens is 839 g/mol.